The summed E-state index contributed by atoms with van der Waals surface area (Å²) >= 11 is 6.30. The van der Waals surface area contributed by atoms with Crippen LogP contribution >= 0.6 is 11.6 Å². The molecule has 106 valence electrons. The molecule has 1 aromatic rings. The summed E-state index contributed by atoms with van der Waals surface area (Å²) in [5, 5.41) is 4.04. The molecule has 1 aliphatic heterocycles. The summed E-state index contributed by atoms with van der Waals surface area (Å²) in [6.45, 7) is 5.52. The zero-order valence-electron chi connectivity index (χ0n) is 12.0. The van der Waals surface area contributed by atoms with Crippen LogP contribution < -0.4 is 10.2 Å². The number of hydrogen-bond acceptors (Lipinski definition) is 3. The number of likely N-dealkylation sites (tertiary alicyclic amines) is 1. The average Bonchev–Trinajstić information content (AvgIpc) is 2.92. The molecule has 1 saturated heterocycles. The number of halogens is 1. The van der Waals surface area contributed by atoms with Gasteiger partial charge in [-0.1, -0.05) is 17.7 Å². The Morgan fingerprint density at radius 1 is 1.32 bits per heavy atom. The lowest BCUT2D eigenvalue weighted by atomic mass is 10.1. The number of nitrogens with one attached hydrogen (secondary N) is 1. The monoisotopic (exact) mass is 281 g/mol. The summed E-state index contributed by atoms with van der Waals surface area (Å²) in [4.78, 5) is 4.86. The Labute approximate surface area is 121 Å². The normalized spacial score (nSPS) is 15.9. The maximum absolute atomic E-state index is 6.30. The van der Waals surface area contributed by atoms with Crippen molar-refractivity contribution in [3.63, 3.8) is 0 Å². The Morgan fingerprint density at radius 3 is 2.74 bits per heavy atom. The van der Waals surface area contributed by atoms with Crippen LogP contribution in [-0.4, -0.2) is 45.2 Å². The quantitative estimate of drug-likeness (QED) is 0.865. The van der Waals surface area contributed by atoms with Gasteiger partial charge in [0.2, 0.25) is 0 Å². The van der Waals surface area contributed by atoms with Crippen molar-refractivity contribution in [2.45, 2.75) is 19.4 Å². The average molecular weight is 282 g/mol. The fraction of sp³-hybridized carbons (Fsp3) is 0.600. The van der Waals surface area contributed by atoms with E-state index < -0.39 is 0 Å². The number of benzene rings is 1. The van der Waals surface area contributed by atoms with Crippen LogP contribution in [0.15, 0.2) is 18.2 Å². The topological polar surface area (TPSA) is 18.5 Å². The smallest absolute Gasteiger partial charge is 0.0471 e. The molecule has 0 radical (unpaired) electrons. The third kappa shape index (κ3) is 3.85. The van der Waals surface area contributed by atoms with Crippen molar-refractivity contribution in [1.29, 1.82) is 0 Å². The molecule has 4 heteroatoms. The Balaban J connectivity index is 2.00. The molecule has 0 atom stereocenters. The van der Waals surface area contributed by atoms with E-state index in [2.05, 4.69) is 28.2 Å². The lowest BCUT2D eigenvalue weighted by Crippen LogP contribution is -2.32. The van der Waals surface area contributed by atoms with E-state index in [1.54, 1.807) is 0 Å². The lowest BCUT2D eigenvalue weighted by Gasteiger charge is -2.25. The maximum Gasteiger partial charge on any atom is 0.0471 e. The summed E-state index contributed by atoms with van der Waals surface area (Å²) < 4.78 is 0. The molecule has 1 heterocycles. The Hall–Kier alpha value is -0.770. The van der Waals surface area contributed by atoms with E-state index in [0.717, 1.165) is 24.7 Å². The minimum absolute atomic E-state index is 0.809. The van der Waals surface area contributed by atoms with Gasteiger partial charge >= 0.3 is 0 Å². The minimum atomic E-state index is 0.809. The highest BCUT2D eigenvalue weighted by atomic mass is 35.5. The molecule has 0 bridgehead atoms. The summed E-state index contributed by atoms with van der Waals surface area (Å²) in [5.74, 6) is 0. The van der Waals surface area contributed by atoms with Gasteiger partial charge in [-0.25, -0.2) is 0 Å². The van der Waals surface area contributed by atoms with E-state index in [1.165, 1.54) is 37.2 Å². The van der Waals surface area contributed by atoms with Crippen LogP contribution in [0.3, 0.4) is 0 Å². The van der Waals surface area contributed by atoms with Gasteiger partial charge in [0.05, 0.1) is 0 Å². The molecule has 0 aromatic heterocycles. The van der Waals surface area contributed by atoms with Crippen molar-refractivity contribution < 1.29 is 0 Å². The van der Waals surface area contributed by atoms with E-state index in [1.807, 2.05) is 19.2 Å². The number of likely N-dealkylation sites (N-methyl/N-ethyl adjacent to an activating group) is 1. The molecule has 1 aromatic carbocycles. The summed E-state index contributed by atoms with van der Waals surface area (Å²) in [6.07, 6.45) is 2.71. The Kier molecular flexibility index (Phi) is 5.49. The van der Waals surface area contributed by atoms with Crippen LogP contribution in [0.5, 0.6) is 0 Å². The molecule has 19 heavy (non-hydrogen) atoms. The zero-order valence-corrected chi connectivity index (χ0v) is 12.7. The number of anilines is 1. The first kappa shape index (κ1) is 14.6. The number of rotatable bonds is 6. The molecular formula is C15H24ClN3. The standard InChI is InChI=1S/C15H24ClN3/c1-17-12-13-14(16)6-5-7-15(13)18(2)10-11-19-8-3-4-9-19/h5-7,17H,3-4,8-12H2,1-2H3. The van der Waals surface area contributed by atoms with Gasteiger partial charge in [-0.15, -0.1) is 0 Å². The van der Waals surface area contributed by atoms with Crippen molar-refractivity contribution in [3.8, 4) is 0 Å². The molecule has 2 rings (SSSR count). The lowest BCUT2D eigenvalue weighted by molar-refractivity contribution is 0.346. The molecule has 1 N–H and O–H groups in total. The van der Waals surface area contributed by atoms with Crippen LogP contribution in [0.1, 0.15) is 18.4 Å². The molecule has 3 nitrogen and oxygen atoms in total. The second-order valence-corrected chi connectivity index (χ2v) is 5.65. The molecule has 0 saturated carbocycles. The van der Waals surface area contributed by atoms with E-state index in [9.17, 15) is 0 Å². The summed E-state index contributed by atoms with van der Waals surface area (Å²) in [5.41, 5.74) is 2.43. The Bertz CT molecular complexity index is 402. The Morgan fingerprint density at radius 2 is 2.05 bits per heavy atom. The highest BCUT2D eigenvalue weighted by molar-refractivity contribution is 6.31. The van der Waals surface area contributed by atoms with Gasteiger partial charge in [-0.3, -0.25) is 0 Å². The third-order valence-electron chi connectivity index (χ3n) is 3.81. The fourth-order valence-electron chi connectivity index (χ4n) is 2.67. The maximum atomic E-state index is 6.30. The van der Waals surface area contributed by atoms with Crippen LogP contribution in [0.25, 0.3) is 0 Å². The van der Waals surface area contributed by atoms with Gasteiger partial charge in [0.15, 0.2) is 0 Å². The van der Waals surface area contributed by atoms with Gasteiger partial charge in [0.1, 0.15) is 0 Å². The van der Waals surface area contributed by atoms with Crippen LogP contribution in [-0.2, 0) is 6.54 Å². The van der Waals surface area contributed by atoms with Crippen molar-refractivity contribution in [2.24, 2.45) is 0 Å². The molecular weight excluding hydrogens is 258 g/mol. The summed E-state index contributed by atoms with van der Waals surface area (Å²) in [6, 6.07) is 6.15. The largest absolute Gasteiger partial charge is 0.373 e. The predicted octanol–water partition coefficient (Wildman–Crippen LogP) is 2.59. The SMILES string of the molecule is CNCc1c(Cl)cccc1N(C)CCN1CCCC1. The van der Waals surface area contributed by atoms with Crippen molar-refractivity contribution in [2.75, 3.05) is 45.2 Å². The first-order chi connectivity index (χ1) is 9.22. The van der Waals surface area contributed by atoms with E-state index >= 15 is 0 Å². The third-order valence-corrected chi connectivity index (χ3v) is 4.16. The second kappa shape index (κ2) is 7.13. The van der Waals surface area contributed by atoms with Crippen LogP contribution in [0.2, 0.25) is 5.02 Å². The van der Waals surface area contributed by atoms with Gasteiger partial charge in [0.25, 0.3) is 0 Å². The van der Waals surface area contributed by atoms with Gasteiger partial charge in [-0.05, 0) is 45.1 Å². The van der Waals surface area contributed by atoms with Crippen LogP contribution in [0, 0.1) is 0 Å². The van der Waals surface area contributed by atoms with Crippen LogP contribution in [0.4, 0.5) is 5.69 Å². The molecule has 1 aliphatic rings. The van der Waals surface area contributed by atoms with Crippen molar-refractivity contribution in [1.82, 2.24) is 10.2 Å². The van der Waals surface area contributed by atoms with E-state index in [0.29, 0.717) is 0 Å². The number of nitrogens with zero attached hydrogens (tertiary/aromatic N) is 2. The van der Waals surface area contributed by atoms with Gasteiger partial charge < -0.3 is 15.1 Å². The first-order valence-corrected chi connectivity index (χ1v) is 7.45. The minimum Gasteiger partial charge on any atom is -0.373 e. The fourth-order valence-corrected chi connectivity index (χ4v) is 2.91. The van der Waals surface area contributed by atoms with Crippen molar-refractivity contribution >= 4 is 17.3 Å². The molecule has 0 unspecified atom stereocenters. The highest BCUT2D eigenvalue weighted by Crippen LogP contribution is 2.26. The molecule has 1 fully saturated rings. The summed E-state index contributed by atoms with van der Waals surface area (Å²) in [7, 11) is 4.11. The number of hydrogen-bond donors (Lipinski definition) is 1. The molecule has 0 amide bonds. The second-order valence-electron chi connectivity index (χ2n) is 5.24. The van der Waals surface area contributed by atoms with Crippen molar-refractivity contribution in [3.05, 3.63) is 28.8 Å². The highest BCUT2D eigenvalue weighted by Gasteiger charge is 2.14. The first-order valence-electron chi connectivity index (χ1n) is 7.08. The van der Waals surface area contributed by atoms with E-state index in [4.69, 9.17) is 11.6 Å². The van der Waals surface area contributed by atoms with Gasteiger partial charge in [-0.2, -0.15) is 0 Å². The molecule has 0 spiro atoms. The van der Waals surface area contributed by atoms with Gasteiger partial charge in [0, 0.05) is 43.0 Å². The zero-order chi connectivity index (χ0) is 13.7. The molecule has 0 aliphatic carbocycles. The predicted molar refractivity (Wildman–Crippen MR) is 83.2 cm³/mol. The van der Waals surface area contributed by atoms with E-state index in [-0.39, 0.29) is 0 Å².